The van der Waals surface area contributed by atoms with Crippen molar-refractivity contribution in [1.29, 1.82) is 0 Å². The van der Waals surface area contributed by atoms with Gasteiger partial charge in [-0.15, -0.1) is 34.8 Å². The van der Waals surface area contributed by atoms with E-state index in [1.165, 1.54) is 0 Å². The van der Waals surface area contributed by atoms with Gasteiger partial charge in [0.05, 0.1) is 11.2 Å². The minimum atomic E-state index is 0.111. The summed E-state index contributed by atoms with van der Waals surface area (Å²) >= 11 is 14.3. The van der Waals surface area contributed by atoms with Crippen LogP contribution in [0, 0.1) is 0 Å². The normalized spacial score (nSPS) is 6.14. The minimum Gasteiger partial charge on any atom is -0.302 e. The molecular formula is C3H5Cl3O. The zero-order valence-electron chi connectivity index (χ0n) is 3.53. The number of alkyl halides is 3. The summed E-state index contributed by atoms with van der Waals surface area (Å²) in [7, 11) is 0. The molecule has 44 valence electrons. The van der Waals surface area contributed by atoms with Crippen LogP contribution in [0.15, 0.2) is 0 Å². The minimum absolute atomic E-state index is 0.111. The van der Waals surface area contributed by atoms with Gasteiger partial charge in [0.2, 0.25) is 0 Å². The molecule has 0 saturated carbocycles. The molecule has 0 unspecified atom stereocenters. The maximum Gasteiger partial charge on any atom is 0.134 e. The third kappa shape index (κ3) is 56.8. The summed E-state index contributed by atoms with van der Waals surface area (Å²) in [5.41, 5.74) is 0. The molecule has 0 saturated heterocycles. The van der Waals surface area contributed by atoms with E-state index < -0.39 is 0 Å². The molecule has 0 heterocycles. The zero-order valence-corrected chi connectivity index (χ0v) is 5.80. The van der Waals surface area contributed by atoms with Crippen molar-refractivity contribution in [2.24, 2.45) is 0 Å². The molecule has 0 aliphatic carbocycles. The van der Waals surface area contributed by atoms with Gasteiger partial charge in [-0.25, -0.2) is 0 Å². The van der Waals surface area contributed by atoms with Crippen LogP contribution in [0.4, 0.5) is 0 Å². The van der Waals surface area contributed by atoms with Crippen molar-refractivity contribution in [3.63, 3.8) is 0 Å². The van der Waals surface area contributed by atoms with E-state index >= 15 is 0 Å². The van der Waals surface area contributed by atoms with Crippen LogP contribution in [0.25, 0.3) is 0 Å². The van der Waals surface area contributed by atoms with E-state index in [0.29, 0.717) is 6.29 Å². The maximum absolute atomic E-state index is 9.04. The average molecular weight is 163 g/mol. The van der Waals surface area contributed by atoms with Gasteiger partial charge in [0.15, 0.2) is 0 Å². The lowest BCUT2D eigenvalue weighted by Crippen LogP contribution is -1.63. The monoisotopic (exact) mass is 162 g/mol. The standard InChI is InChI=1S/C2H3ClO.CH2Cl2/c3-1-2-4;2-1-3/h2H,1H2;1H2. The fraction of sp³-hybridized carbons (Fsp3) is 0.667. The van der Waals surface area contributed by atoms with Crippen molar-refractivity contribution in [3.05, 3.63) is 0 Å². The Morgan fingerprint density at radius 1 is 1.29 bits per heavy atom. The molecule has 0 fully saturated rings. The molecule has 4 heteroatoms. The second-order valence-corrected chi connectivity index (χ2v) is 1.54. The average Bonchev–Trinajstić information content (AvgIpc) is 1.69. The number of aldehydes is 1. The number of carbonyl (C=O) groups excluding carboxylic acids is 1. The van der Waals surface area contributed by atoms with Crippen molar-refractivity contribution in [2.75, 3.05) is 11.2 Å². The van der Waals surface area contributed by atoms with E-state index in [4.69, 9.17) is 39.6 Å². The number of hydrogen-bond acceptors (Lipinski definition) is 1. The number of hydrogen-bond donors (Lipinski definition) is 0. The van der Waals surface area contributed by atoms with Gasteiger partial charge in [-0.05, 0) is 0 Å². The molecule has 0 aromatic carbocycles. The molecule has 0 rings (SSSR count). The van der Waals surface area contributed by atoms with Crippen molar-refractivity contribution in [3.8, 4) is 0 Å². The largest absolute Gasteiger partial charge is 0.302 e. The van der Waals surface area contributed by atoms with E-state index in [1.54, 1.807) is 0 Å². The fourth-order valence-electron chi connectivity index (χ4n) is 0. The van der Waals surface area contributed by atoms with Gasteiger partial charge >= 0.3 is 0 Å². The number of carbonyl (C=O) groups is 1. The Bertz CT molecular complexity index is 31.4. The fourth-order valence-corrected chi connectivity index (χ4v) is 0. The molecular weight excluding hydrogens is 158 g/mol. The molecule has 0 amide bonds. The first-order valence-corrected chi connectivity index (χ1v) is 3.05. The van der Waals surface area contributed by atoms with Gasteiger partial charge in [-0.2, -0.15) is 0 Å². The summed E-state index contributed by atoms with van der Waals surface area (Å²) in [5.74, 6) is 0.111. The van der Waals surface area contributed by atoms with Crippen LogP contribution in [0.1, 0.15) is 0 Å². The Balaban J connectivity index is 0. The first-order valence-electron chi connectivity index (χ1n) is 1.45. The predicted octanol–water partition coefficient (Wildman–Crippen LogP) is 1.85. The smallest absolute Gasteiger partial charge is 0.134 e. The Labute approximate surface area is 57.5 Å². The van der Waals surface area contributed by atoms with E-state index in [0.717, 1.165) is 0 Å². The highest BCUT2D eigenvalue weighted by molar-refractivity contribution is 6.40. The summed E-state index contributed by atoms with van der Waals surface area (Å²) in [6.07, 6.45) is 0.640. The zero-order chi connectivity index (χ0) is 6.12. The highest BCUT2D eigenvalue weighted by Crippen LogP contribution is 1.73. The lowest BCUT2D eigenvalue weighted by atomic mass is 10.9. The molecule has 0 aliphatic heterocycles. The molecule has 0 spiro atoms. The second-order valence-electron chi connectivity index (χ2n) is 0.422. The highest BCUT2D eigenvalue weighted by atomic mass is 35.5. The van der Waals surface area contributed by atoms with E-state index in [1.807, 2.05) is 0 Å². The van der Waals surface area contributed by atoms with E-state index in [2.05, 4.69) is 0 Å². The van der Waals surface area contributed by atoms with Crippen molar-refractivity contribution >= 4 is 41.1 Å². The van der Waals surface area contributed by atoms with Crippen LogP contribution in [-0.2, 0) is 4.79 Å². The summed E-state index contributed by atoms with van der Waals surface area (Å²) in [5, 5.41) is 0.194. The van der Waals surface area contributed by atoms with Gasteiger partial charge in [0.1, 0.15) is 6.29 Å². The van der Waals surface area contributed by atoms with Gasteiger partial charge in [0, 0.05) is 0 Å². The molecule has 1 nitrogen and oxygen atoms in total. The molecule has 0 aromatic rings. The first kappa shape index (κ1) is 10.5. The SMILES string of the molecule is ClCCl.O=CCCl. The van der Waals surface area contributed by atoms with Crippen LogP contribution in [0.3, 0.4) is 0 Å². The predicted molar refractivity (Wildman–Crippen MR) is 33.4 cm³/mol. The number of halogens is 3. The summed E-state index contributed by atoms with van der Waals surface area (Å²) in [6.45, 7) is 0. The molecule has 0 atom stereocenters. The van der Waals surface area contributed by atoms with Crippen molar-refractivity contribution in [1.82, 2.24) is 0 Å². The molecule has 0 aromatic heterocycles. The van der Waals surface area contributed by atoms with Crippen LogP contribution < -0.4 is 0 Å². The Morgan fingerprint density at radius 3 is 1.43 bits per heavy atom. The third-order valence-corrected chi connectivity index (χ3v) is 0.189. The van der Waals surface area contributed by atoms with Crippen LogP contribution >= 0.6 is 34.8 Å². The Kier molecular flexibility index (Phi) is 24.0. The molecule has 7 heavy (non-hydrogen) atoms. The lowest BCUT2D eigenvalue weighted by Gasteiger charge is -1.49. The highest BCUT2D eigenvalue weighted by Gasteiger charge is 1.55. The van der Waals surface area contributed by atoms with Crippen LogP contribution in [-0.4, -0.2) is 17.5 Å². The topological polar surface area (TPSA) is 17.1 Å². The Hall–Kier alpha value is 0.540. The molecule has 0 aliphatic rings. The van der Waals surface area contributed by atoms with Gasteiger partial charge < -0.3 is 4.79 Å². The summed E-state index contributed by atoms with van der Waals surface area (Å²) < 4.78 is 0. The maximum atomic E-state index is 9.04. The lowest BCUT2D eigenvalue weighted by molar-refractivity contribution is -0.105. The van der Waals surface area contributed by atoms with Gasteiger partial charge in [-0.3, -0.25) is 0 Å². The van der Waals surface area contributed by atoms with Crippen molar-refractivity contribution < 1.29 is 4.79 Å². The van der Waals surface area contributed by atoms with Crippen LogP contribution in [0.5, 0.6) is 0 Å². The third-order valence-electron chi connectivity index (χ3n) is 0.0630. The molecule has 0 N–H and O–H groups in total. The van der Waals surface area contributed by atoms with Crippen molar-refractivity contribution in [2.45, 2.75) is 0 Å². The quantitative estimate of drug-likeness (QED) is 0.426. The number of rotatable bonds is 1. The second kappa shape index (κ2) is 16.0. The van der Waals surface area contributed by atoms with Gasteiger partial charge in [-0.1, -0.05) is 0 Å². The Morgan fingerprint density at radius 2 is 1.43 bits per heavy atom. The molecule has 0 radical (unpaired) electrons. The summed E-state index contributed by atoms with van der Waals surface area (Å²) in [6, 6.07) is 0. The van der Waals surface area contributed by atoms with E-state index in [-0.39, 0.29) is 11.2 Å². The van der Waals surface area contributed by atoms with Gasteiger partial charge in [0.25, 0.3) is 0 Å². The first-order chi connectivity index (χ1) is 3.33. The molecule has 0 bridgehead atoms. The van der Waals surface area contributed by atoms with Crippen LogP contribution in [0.2, 0.25) is 0 Å². The summed E-state index contributed by atoms with van der Waals surface area (Å²) in [4.78, 5) is 9.04. The van der Waals surface area contributed by atoms with E-state index in [9.17, 15) is 0 Å².